The summed E-state index contributed by atoms with van der Waals surface area (Å²) in [6.45, 7) is 6.03. The van der Waals surface area contributed by atoms with Crippen LogP contribution in [-0.2, 0) is 6.54 Å². The van der Waals surface area contributed by atoms with Crippen LogP contribution in [0.1, 0.15) is 13.3 Å². The maximum atomic E-state index is 4.38. The molecule has 8 heteroatoms. The van der Waals surface area contributed by atoms with Gasteiger partial charge in [0, 0.05) is 37.7 Å². The predicted molar refractivity (Wildman–Crippen MR) is 94.9 cm³/mol. The average molecular weight is 410 g/mol. The molecule has 1 aliphatic heterocycles. The van der Waals surface area contributed by atoms with Crippen LogP contribution in [0.5, 0.6) is 0 Å². The Morgan fingerprint density at radius 2 is 2.40 bits per heavy atom. The lowest BCUT2D eigenvalue weighted by Gasteiger charge is -2.34. The molecular weight excluding hydrogens is 387 g/mol. The fraction of sp³-hybridized carbons (Fsp3) is 0.750. The quantitative estimate of drug-likeness (QED) is 0.461. The molecule has 1 N–H and O–H groups in total. The SMILES string of the molecule is CCC1CN(C(=NC)NCCn2cncn2)CCS1.I. The van der Waals surface area contributed by atoms with Gasteiger partial charge in [-0.25, -0.2) is 4.98 Å². The molecule has 0 amide bonds. The Bertz CT molecular complexity index is 397. The van der Waals surface area contributed by atoms with E-state index in [-0.39, 0.29) is 24.0 Å². The van der Waals surface area contributed by atoms with Gasteiger partial charge in [0.15, 0.2) is 5.96 Å². The van der Waals surface area contributed by atoms with Gasteiger partial charge in [-0.3, -0.25) is 9.67 Å². The lowest BCUT2D eigenvalue weighted by Crippen LogP contribution is -2.48. The summed E-state index contributed by atoms with van der Waals surface area (Å²) >= 11 is 2.07. The van der Waals surface area contributed by atoms with Crippen molar-refractivity contribution in [2.75, 3.05) is 32.4 Å². The van der Waals surface area contributed by atoms with E-state index in [1.165, 1.54) is 12.2 Å². The number of hydrogen-bond donors (Lipinski definition) is 1. The molecule has 1 aliphatic rings. The molecule has 0 aromatic carbocycles. The molecule has 6 nitrogen and oxygen atoms in total. The van der Waals surface area contributed by atoms with Crippen LogP contribution in [-0.4, -0.2) is 63.3 Å². The molecular formula is C12H23IN6S. The topological polar surface area (TPSA) is 58.3 Å². The number of nitrogens with one attached hydrogen (secondary N) is 1. The van der Waals surface area contributed by atoms with Crippen molar-refractivity contribution in [2.24, 2.45) is 4.99 Å². The molecule has 0 saturated carbocycles. The van der Waals surface area contributed by atoms with E-state index in [1.54, 1.807) is 12.7 Å². The first-order chi connectivity index (χ1) is 9.33. The van der Waals surface area contributed by atoms with Gasteiger partial charge in [-0.1, -0.05) is 6.92 Å². The molecule has 2 heterocycles. The minimum Gasteiger partial charge on any atom is -0.354 e. The van der Waals surface area contributed by atoms with E-state index >= 15 is 0 Å². The van der Waals surface area contributed by atoms with Crippen molar-refractivity contribution in [1.82, 2.24) is 25.0 Å². The van der Waals surface area contributed by atoms with E-state index in [2.05, 4.69) is 44.0 Å². The number of hydrogen-bond acceptors (Lipinski definition) is 4. The Morgan fingerprint density at radius 1 is 1.55 bits per heavy atom. The maximum Gasteiger partial charge on any atom is 0.193 e. The predicted octanol–water partition coefficient (Wildman–Crippen LogP) is 1.30. The Balaban J connectivity index is 0.00000200. The van der Waals surface area contributed by atoms with Gasteiger partial charge < -0.3 is 10.2 Å². The highest BCUT2D eigenvalue weighted by Crippen LogP contribution is 2.20. The van der Waals surface area contributed by atoms with Crippen LogP contribution in [0.25, 0.3) is 0 Å². The van der Waals surface area contributed by atoms with Gasteiger partial charge in [0.25, 0.3) is 0 Å². The van der Waals surface area contributed by atoms with Crippen molar-refractivity contribution in [2.45, 2.75) is 25.1 Å². The highest BCUT2D eigenvalue weighted by atomic mass is 127. The van der Waals surface area contributed by atoms with Gasteiger partial charge in [0.2, 0.25) is 0 Å². The molecule has 1 aromatic heterocycles. The number of nitrogens with zero attached hydrogens (tertiary/aromatic N) is 5. The Morgan fingerprint density at radius 3 is 3.05 bits per heavy atom. The molecule has 0 bridgehead atoms. The first-order valence-electron chi connectivity index (χ1n) is 6.73. The molecule has 1 unspecified atom stereocenters. The Labute approximate surface area is 141 Å². The van der Waals surface area contributed by atoms with Gasteiger partial charge in [-0.15, -0.1) is 24.0 Å². The van der Waals surface area contributed by atoms with E-state index in [0.717, 1.165) is 37.4 Å². The van der Waals surface area contributed by atoms with E-state index in [1.807, 2.05) is 11.7 Å². The van der Waals surface area contributed by atoms with Gasteiger partial charge in [-0.05, 0) is 6.42 Å². The van der Waals surface area contributed by atoms with Gasteiger partial charge >= 0.3 is 0 Å². The third-order valence-corrected chi connectivity index (χ3v) is 4.57. The summed E-state index contributed by atoms with van der Waals surface area (Å²) in [5.41, 5.74) is 0. The third kappa shape index (κ3) is 5.12. The standard InChI is InChI=1S/C12H22N6S.HI/c1-3-11-8-17(6-7-19-11)12(13-2)15-4-5-18-10-14-9-16-18;/h9-11H,3-8H2,1-2H3,(H,13,15);1H. The van der Waals surface area contributed by atoms with Crippen LogP contribution >= 0.6 is 35.7 Å². The fourth-order valence-electron chi connectivity index (χ4n) is 2.12. The van der Waals surface area contributed by atoms with Crippen LogP contribution < -0.4 is 5.32 Å². The second kappa shape index (κ2) is 9.43. The molecule has 0 radical (unpaired) electrons. The van der Waals surface area contributed by atoms with Crippen LogP contribution in [0, 0.1) is 0 Å². The molecule has 0 spiro atoms. The van der Waals surface area contributed by atoms with Crippen LogP contribution in [0.4, 0.5) is 0 Å². The summed E-state index contributed by atoms with van der Waals surface area (Å²) in [5.74, 6) is 2.18. The second-order valence-corrected chi connectivity index (χ2v) is 5.89. The van der Waals surface area contributed by atoms with Crippen LogP contribution in [0.15, 0.2) is 17.6 Å². The Hall–Kier alpha value is -0.510. The van der Waals surface area contributed by atoms with E-state index < -0.39 is 0 Å². The molecule has 1 aromatic rings. The maximum absolute atomic E-state index is 4.38. The summed E-state index contributed by atoms with van der Waals surface area (Å²) in [7, 11) is 1.85. The number of rotatable bonds is 4. The zero-order valence-electron chi connectivity index (χ0n) is 12.0. The second-order valence-electron chi connectivity index (χ2n) is 4.48. The van der Waals surface area contributed by atoms with Gasteiger partial charge in [-0.2, -0.15) is 16.9 Å². The molecule has 20 heavy (non-hydrogen) atoms. The number of halogens is 1. The van der Waals surface area contributed by atoms with Crippen LogP contribution in [0.3, 0.4) is 0 Å². The molecule has 2 rings (SSSR count). The zero-order valence-corrected chi connectivity index (χ0v) is 15.2. The normalized spacial score (nSPS) is 19.6. The average Bonchev–Trinajstić information content (AvgIpc) is 2.97. The summed E-state index contributed by atoms with van der Waals surface area (Å²) in [4.78, 5) is 10.7. The van der Waals surface area contributed by atoms with E-state index in [9.17, 15) is 0 Å². The fourth-order valence-corrected chi connectivity index (χ4v) is 3.30. The first-order valence-corrected chi connectivity index (χ1v) is 7.78. The number of aromatic nitrogens is 3. The highest BCUT2D eigenvalue weighted by molar-refractivity contribution is 14.0. The molecule has 1 saturated heterocycles. The summed E-state index contributed by atoms with van der Waals surface area (Å²) < 4.78 is 1.82. The monoisotopic (exact) mass is 410 g/mol. The van der Waals surface area contributed by atoms with Crippen LogP contribution in [0.2, 0.25) is 0 Å². The lowest BCUT2D eigenvalue weighted by molar-refractivity contribution is 0.406. The summed E-state index contributed by atoms with van der Waals surface area (Å²) in [6.07, 6.45) is 4.51. The summed E-state index contributed by atoms with van der Waals surface area (Å²) in [5, 5.41) is 8.21. The van der Waals surface area contributed by atoms with Gasteiger partial charge in [0.1, 0.15) is 12.7 Å². The van der Waals surface area contributed by atoms with Crippen molar-refractivity contribution in [3.05, 3.63) is 12.7 Å². The largest absolute Gasteiger partial charge is 0.354 e. The van der Waals surface area contributed by atoms with Crippen molar-refractivity contribution in [1.29, 1.82) is 0 Å². The zero-order chi connectivity index (χ0) is 13.5. The van der Waals surface area contributed by atoms with Crippen molar-refractivity contribution in [3.63, 3.8) is 0 Å². The van der Waals surface area contributed by atoms with Gasteiger partial charge in [0.05, 0.1) is 6.54 Å². The smallest absolute Gasteiger partial charge is 0.193 e. The third-order valence-electron chi connectivity index (χ3n) is 3.20. The highest BCUT2D eigenvalue weighted by Gasteiger charge is 2.21. The lowest BCUT2D eigenvalue weighted by atomic mass is 10.3. The van der Waals surface area contributed by atoms with Crippen molar-refractivity contribution in [3.8, 4) is 0 Å². The van der Waals surface area contributed by atoms with E-state index in [0.29, 0.717) is 0 Å². The minimum atomic E-state index is 0. The van der Waals surface area contributed by atoms with Crippen molar-refractivity contribution < 1.29 is 0 Å². The first kappa shape index (κ1) is 17.5. The number of thioether (sulfide) groups is 1. The molecule has 1 fully saturated rings. The van der Waals surface area contributed by atoms with Crippen molar-refractivity contribution >= 4 is 41.7 Å². The minimum absolute atomic E-state index is 0. The van der Waals surface area contributed by atoms with E-state index in [4.69, 9.17) is 0 Å². The summed E-state index contributed by atoms with van der Waals surface area (Å²) in [6, 6.07) is 0. The molecule has 1 atom stereocenters. The molecule has 114 valence electrons. The number of guanidine groups is 1. The Kier molecular flexibility index (Phi) is 8.27. The number of aliphatic imine (C=N–C) groups is 1. The molecule has 0 aliphatic carbocycles.